The Bertz CT molecular complexity index is 626. The lowest BCUT2D eigenvalue weighted by molar-refractivity contribution is 0.639. The van der Waals surface area contributed by atoms with Gasteiger partial charge in [-0.1, -0.05) is 54.6 Å². The molecule has 96 valence electrons. The Morgan fingerprint density at radius 3 is 2.37 bits per heavy atom. The van der Waals surface area contributed by atoms with Crippen LogP contribution in [-0.4, -0.2) is 0 Å². The van der Waals surface area contributed by atoms with Crippen molar-refractivity contribution in [3.8, 4) is 0 Å². The van der Waals surface area contributed by atoms with Crippen molar-refractivity contribution in [3.05, 3.63) is 76.4 Å². The van der Waals surface area contributed by atoms with Gasteiger partial charge in [-0.2, -0.15) is 0 Å². The number of nitrogens with two attached hydrogens (primary N) is 1. The number of hydrogen-bond donors (Lipinski definition) is 1. The largest absolute Gasteiger partial charge is 0.323 e. The molecule has 2 atom stereocenters. The lowest BCUT2D eigenvalue weighted by atomic mass is 9.80. The maximum absolute atomic E-state index is 6.49. The summed E-state index contributed by atoms with van der Waals surface area (Å²) in [5.41, 5.74) is 13.0. The predicted molar refractivity (Wildman–Crippen MR) is 81.1 cm³/mol. The van der Waals surface area contributed by atoms with Crippen molar-refractivity contribution in [3.63, 3.8) is 0 Å². The van der Waals surface area contributed by atoms with E-state index in [9.17, 15) is 0 Å². The van der Waals surface area contributed by atoms with Gasteiger partial charge in [-0.25, -0.2) is 0 Å². The van der Waals surface area contributed by atoms with E-state index < -0.39 is 0 Å². The van der Waals surface area contributed by atoms with Crippen LogP contribution in [0.1, 0.15) is 39.8 Å². The second-order valence-electron chi connectivity index (χ2n) is 5.39. The second-order valence-corrected chi connectivity index (χ2v) is 5.39. The topological polar surface area (TPSA) is 26.0 Å². The molecule has 0 saturated heterocycles. The van der Waals surface area contributed by atoms with Crippen LogP contribution < -0.4 is 5.73 Å². The van der Waals surface area contributed by atoms with Crippen LogP contribution in [0, 0.1) is 13.8 Å². The highest BCUT2D eigenvalue weighted by molar-refractivity contribution is 5.62. The van der Waals surface area contributed by atoms with Crippen molar-refractivity contribution < 1.29 is 0 Å². The van der Waals surface area contributed by atoms with Gasteiger partial charge in [0.25, 0.3) is 0 Å². The monoisotopic (exact) mass is 249 g/mol. The number of benzene rings is 2. The van der Waals surface area contributed by atoms with Gasteiger partial charge in [-0.15, -0.1) is 0 Å². The van der Waals surface area contributed by atoms with Gasteiger partial charge >= 0.3 is 0 Å². The molecule has 0 radical (unpaired) electrons. The van der Waals surface area contributed by atoms with E-state index in [-0.39, 0.29) is 12.0 Å². The van der Waals surface area contributed by atoms with Gasteiger partial charge in [-0.3, -0.25) is 0 Å². The van der Waals surface area contributed by atoms with Gasteiger partial charge in [-0.05, 0) is 41.7 Å². The Hall–Kier alpha value is -1.86. The minimum atomic E-state index is 0.0432. The molecule has 1 heteroatoms. The van der Waals surface area contributed by atoms with Crippen LogP contribution in [0.15, 0.2) is 48.5 Å². The molecule has 2 N–H and O–H groups in total. The van der Waals surface area contributed by atoms with Crippen LogP contribution in [0.25, 0.3) is 6.08 Å². The fourth-order valence-corrected chi connectivity index (χ4v) is 2.81. The first-order chi connectivity index (χ1) is 9.16. The number of rotatable bonds is 1. The summed E-state index contributed by atoms with van der Waals surface area (Å²) in [6.07, 6.45) is 4.44. The van der Waals surface area contributed by atoms with Crippen molar-refractivity contribution in [1.82, 2.24) is 0 Å². The quantitative estimate of drug-likeness (QED) is 0.808. The molecule has 0 spiro atoms. The van der Waals surface area contributed by atoms with E-state index in [0.717, 1.165) is 0 Å². The van der Waals surface area contributed by atoms with Crippen LogP contribution in [0.5, 0.6) is 0 Å². The van der Waals surface area contributed by atoms with Gasteiger partial charge in [0.15, 0.2) is 0 Å². The van der Waals surface area contributed by atoms with E-state index >= 15 is 0 Å². The number of fused-ring (bicyclic) bond motifs is 1. The van der Waals surface area contributed by atoms with Crippen molar-refractivity contribution in [1.29, 1.82) is 0 Å². The van der Waals surface area contributed by atoms with Gasteiger partial charge in [0.2, 0.25) is 0 Å². The zero-order valence-electron chi connectivity index (χ0n) is 11.4. The molecular weight excluding hydrogens is 230 g/mol. The normalized spacial score (nSPS) is 21.2. The van der Waals surface area contributed by atoms with Crippen LogP contribution in [0.4, 0.5) is 0 Å². The second kappa shape index (κ2) is 4.67. The van der Waals surface area contributed by atoms with E-state index in [4.69, 9.17) is 5.73 Å². The highest BCUT2D eigenvalue weighted by atomic mass is 14.7. The molecule has 1 aliphatic carbocycles. The molecule has 0 amide bonds. The fraction of sp³-hybridized carbons (Fsp3) is 0.222. The van der Waals surface area contributed by atoms with Crippen LogP contribution >= 0.6 is 0 Å². The van der Waals surface area contributed by atoms with E-state index in [1.165, 1.54) is 27.8 Å². The number of hydrogen-bond acceptors (Lipinski definition) is 1. The van der Waals surface area contributed by atoms with Gasteiger partial charge in [0.1, 0.15) is 0 Å². The molecule has 0 saturated carbocycles. The molecule has 0 unspecified atom stereocenters. The van der Waals surface area contributed by atoms with E-state index in [1.807, 2.05) is 6.07 Å². The Morgan fingerprint density at radius 1 is 0.947 bits per heavy atom. The van der Waals surface area contributed by atoms with Gasteiger partial charge < -0.3 is 5.73 Å². The van der Waals surface area contributed by atoms with Crippen LogP contribution in [0.3, 0.4) is 0 Å². The maximum atomic E-state index is 6.49. The predicted octanol–water partition coefficient (Wildman–Crippen LogP) is 4.11. The molecule has 0 fully saturated rings. The third kappa shape index (κ3) is 2.11. The smallest absolute Gasteiger partial charge is 0.0405 e. The molecule has 3 rings (SSSR count). The molecule has 0 aromatic heterocycles. The standard InChI is InChI=1S/C18H19N/c1-12-10-15-8-9-16(14-6-4-3-5-7-14)18(19)17(15)11-13(12)2/h3-11,16,18H,19H2,1-2H3/t16-,18+/m0/s1. The molecule has 19 heavy (non-hydrogen) atoms. The lowest BCUT2D eigenvalue weighted by Crippen LogP contribution is -2.22. The van der Waals surface area contributed by atoms with Crippen LogP contribution in [0.2, 0.25) is 0 Å². The zero-order valence-corrected chi connectivity index (χ0v) is 11.4. The van der Waals surface area contributed by atoms with Crippen LogP contribution in [-0.2, 0) is 0 Å². The van der Waals surface area contributed by atoms with E-state index in [2.05, 4.69) is 62.4 Å². The first-order valence-electron chi connectivity index (χ1n) is 6.76. The molecule has 0 aliphatic heterocycles. The highest BCUT2D eigenvalue weighted by Crippen LogP contribution is 2.37. The van der Waals surface area contributed by atoms with Crippen molar-refractivity contribution in [2.24, 2.45) is 5.73 Å². The maximum Gasteiger partial charge on any atom is 0.0405 e. The Morgan fingerprint density at radius 2 is 1.63 bits per heavy atom. The average molecular weight is 249 g/mol. The summed E-state index contributed by atoms with van der Waals surface area (Å²) in [5.74, 6) is 0.274. The Labute approximate surface area is 114 Å². The van der Waals surface area contributed by atoms with E-state index in [0.29, 0.717) is 0 Å². The van der Waals surface area contributed by atoms with E-state index in [1.54, 1.807) is 0 Å². The zero-order chi connectivity index (χ0) is 13.4. The van der Waals surface area contributed by atoms with Gasteiger partial charge in [0.05, 0.1) is 0 Å². The Balaban J connectivity index is 2.05. The third-order valence-corrected chi connectivity index (χ3v) is 4.11. The Kier molecular flexibility index (Phi) is 3.00. The summed E-state index contributed by atoms with van der Waals surface area (Å²) in [6, 6.07) is 15.0. The van der Waals surface area contributed by atoms with Crippen molar-refractivity contribution in [2.75, 3.05) is 0 Å². The summed E-state index contributed by atoms with van der Waals surface area (Å²) in [6.45, 7) is 4.30. The molecule has 1 aliphatic rings. The summed E-state index contributed by atoms with van der Waals surface area (Å²) in [4.78, 5) is 0. The van der Waals surface area contributed by atoms with Gasteiger partial charge in [0, 0.05) is 12.0 Å². The highest BCUT2D eigenvalue weighted by Gasteiger charge is 2.24. The lowest BCUT2D eigenvalue weighted by Gasteiger charge is -2.28. The summed E-state index contributed by atoms with van der Waals surface area (Å²) in [7, 11) is 0. The molecule has 1 nitrogen and oxygen atoms in total. The SMILES string of the molecule is Cc1cc2c(cc1C)[C@H](N)[C@H](c1ccccc1)C=C2. The minimum absolute atomic E-state index is 0.0432. The molecule has 0 heterocycles. The molecular formula is C18H19N. The molecule has 2 aromatic carbocycles. The summed E-state index contributed by atoms with van der Waals surface area (Å²) in [5, 5.41) is 0. The third-order valence-electron chi connectivity index (χ3n) is 4.11. The summed E-state index contributed by atoms with van der Waals surface area (Å²) < 4.78 is 0. The summed E-state index contributed by atoms with van der Waals surface area (Å²) >= 11 is 0. The van der Waals surface area contributed by atoms with Crippen molar-refractivity contribution >= 4 is 6.08 Å². The average Bonchev–Trinajstić information content (AvgIpc) is 2.42. The first kappa shape index (κ1) is 12.2. The van der Waals surface area contributed by atoms with Crippen molar-refractivity contribution in [2.45, 2.75) is 25.8 Å². The number of aryl methyl sites for hydroxylation is 2. The molecule has 0 bridgehead atoms. The first-order valence-corrected chi connectivity index (χ1v) is 6.76. The minimum Gasteiger partial charge on any atom is -0.323 e. The fourth-order valence-electron chi connectivity index (χ4n) is 2.81. The molecule has 2 aromatic rings.